The summed E-state index contributed by atoms with van der Waals surface area (Å²) < 4.78 is 3.23. The molecule has 0 fully saturated rings. The molecule has 0 unspecified atom stereocenters. The number of nitrogens with zero attached hydrogens (tertiary/aromatic N) is 6. The van der Waals surface area contributed by atoms with Crippen LogP contribution in [0.4, 0.5) is 5.69 Å². The zero-order valence-electron chi connectivity index (χ0n) is 15.3. The van der Waals surface area contributed by atoms with E-state index in [0.29, 0.717) is 11.5 Å². The lowest BCUT2D eigenvalue weighted by Crippen LogP contribution is -2.07. The van der Waals surface area contributed by atoms with Gasteiger partial charge in [0, 0.05) is 17.3 Å². The van der Waals surface area contributed by atoms with Crippen molar-refractivity contribution in [2.45, 2.75) is 6.92 Å². The van der Waals surface area contributed by atoms with Crippen molar-refractivity contribution in [1.29, 1.82) is 0 Å². The van der Waals surface area contributed by atoms with Crippen LogP contribution < -0.4 is 0 Å². The molecule has 2 aromatic heterocycles. The lowest BCUT2D eigenvalue weighted by atomic mass is 10.1. The van der Waals surface area contributed by atoms with Crippen LogP contribution in [0, 0.1) is 21.8 Å². The third-order valence-corrected chi connectivity index (χ3v) is 4.49. The van der Waals surface area contributed by atoms with Gasteiger partial charge in [0.05, 0.1) is 22.4 Å². The van der Waals surface area contributed by atoms with Gasteiger partial charge in [-0.3, -0.25) is 10.1 Å². The van der Waals surface area contributed by atoms with E-state index < -0.39 is 4.92 Å². The molecule has 0 amide bonds. The van der Waals surface area contributed by atoms with Crippen molar-refractivity contribution in [3.8, 4) is 17.2 Å². The van der Waals surface area contributed by atoms with Crippen molar-refractivity contribution in [3.05, 3.63) is 86.8 Å². The zero-order chi connectivity index (χ0) is 20.4. The van der Waals surface area contributed by atoms with Gasteiger partial charge in [0.25, 0.3) is 11.6 Å². The Morgan fingerprint density at radius 2 is 1.90 bits per heavy atom. The van der Waals surface area contributed by atoms with Gasteiger partial charge in [0.1, 0.15) is 0 Å². The van der Waals surface area contributed by atoms with Crippen LogP contribution >= 0.6 is 12.2 Å². The number of hydrogen-bond acceptors (Lipinski definition) is 6. The minimum absolute atomic E-state index is 0.0468. The van der Waals surface area contributed by atoms with Crippen molar-refractivity contribution in [1.82, 2.24) is 24.7 Å². The van der Waals surface area contributed by atoms with E-state index in [2.05, 4.69) is 20.4 Å². The Balaban J connectivity index is 1.76. The van der Waals surface area contributed by atoms with Gasteiger partial charge < -0.3 is 0 Å². The summed E-state index contributed by atoms with van der Waals surface area (Å²) in [6.07, 6.45) is 1.38. The second kappa shape index (κ2) is 7.60. The summed E-state index contributed by atoms with van der Waals surface area (Å²) in [6, 6.07) is 18.0. The van der Waals surface area contributed by atoms with E-state index in [0.717, 1.165) is 17.0 Å². The predicted molar refractivity (Wildman–Crippen MR) is 111 cm³/mol. The number of para-hydroxylation sites is 1. The number of aromatic amines is 1. The third-order valence-electron chi connectivity index (χ3n) is 4.23. The average Bonchev–Trinajstić information content (AvgIpc) is 3.29. The molecule has 0 aliphatic heterocycles. The number of aromatic nitrogens is 5. The van der Waals surface area contributed by atoms with Gasteiger partial charge in [-0.05, 0) is 31.3 Å². The van der Waals surface area contributed by atoms with Gasteiger partial charge in [-0.1, -0.05) is 42.5 Å². The molecule has 4 aromatic rings. The van der Waals surface area contributed by atoms with Crippen molar-refractivity contribution in [2.24, 2.45) is 5.10 Å². The quantitative estimate of drug-likeness (QED) is 0.235. The lowest BCUT2D eigenvalue weighted by Gasteiger charge is -2.03. The molecule has 144 valence electrons. The molecule has 2 aromatic carbocycles. The van der Waals surface area contributed by atoms with Crippen LogP contribution in [0.5, 0.6) is 0 Å². The van der Waals surface area contributed by atoms with Crippen LogP contribution in [-0.4, -0.2) is 35.8 Å². The second-order valence-electron chi connectivity index (χ2n) is 6.15. The van der Waals surface area contributed by atoms with Gasteiger partial charge in [-0.25, -0.2) is 9.78 Å². The summed E-state index contributed by atoms with van der Waals surface area (Å²) in [7, 11) is 0. The van der Waals surface area contributed by atoms with Gasteiger partial charge in [0.2, 0.25) is 4.77 Å². The third kappa shape index (κ3) is 3.60. The Labute approximate surface area is 170 Å². The molecule has 0 aliphatic carbocycles. The van der Waals surface area contributed by atoms with E-state index in [1.807, 2.05) is 43.3 Å². The first-order valence-corrected chi connectivity index (χ1v) is 9.03. The number of aryl methyl sites for hydroxylation is 1. The molecule has 9 nitrogen and oxygen atoms in total. The summed E-state index contributed by atoms with van der Waals surface area (Å²) in [5.74, 6) is 0.351. The Hall–Kier alpha value is -3.92. The zero-order valence-corrected chi connectivity index (χ0v) is 16.1. The van der Waals surface area contributed by atoms with Crippen LogP contribution in [-0.2, 0) is 0 Å². The molecular formula is C19H15N7O2S. The molecule has 0 spiro atoms. The summed E-state index contributed by atoms with van der Waals surface area (Å²) in [5, 5.41) is 27.0. The maximum absolute atomic E-state index is 11.2. The number of nitro groups is 1. The van der Waals surface area contributed by atoms with E-state index in [1.165, 1.54) is 17.0 Å². The molecule has 0 atom stereocenters. The molecule has 10 heteroatoms. The van der Waals surface area contributed by atoms with Crippen LogP contribution in [0.25, 0.3) is 17.2 Å². The van der Waals surface area contributed by atoms with Gasteiger partial charge in [-0.2, -0.15) is 14.9 Å². The Kier molecular flexibility index (Phi) is 4.83. The van der Waals surface area contributed by atoms with Gasteiger partial charge in [-0.15, -0.1) is 5.10 Å². The van der Waals surface area contributed by atoms with Crippen LogP contribution in [0.3, 0.4) is 0 Å². The highest BCUT2D eigenvalue weighted by molar-refractivity contribution is 7.71. The Morgan fingerprint density at radius 1 is 1.17 bits per heavy atom. The smallest absolute Gasteiger partial charge is 0.258 e. The fourth-order valence-corrected chi connectivity index (χ4v) is 3.01. The molecule has 1 N–H and O–H groups in total. The van der Waals surface area contributed by atoms with E-state index in [-0.39, 0.29) is 10.5 Å². The monoisotopic (exact) mass is 405 g/mol. The largest absolute Gasteiger partial charge is 0.278 e. The first kappa shape index (κ1) is 18.4. The molecule has 4 rings (SSSR count). The summed E-state index contributed by atoms with van der Waals surface area (Å²) >= 11 is 5.27. The van der Waals surface area contributed by atoms with E-state index in [4.69, 9.17) is 12.2 Å². The molecule has 0 aliphatic rings. The number of H-pyrrole nitrogens is 1. The highest BCUT2D eigenvalue weighted by Crippen LogP contribution is 2.21. The molecule has 0 bridgehead atoms. The number of rotatable bonds is 5. The number of hydrogen-bond donors (Lipinski definition) is 1. The second-order valence-corrected chi connectivity index (χ2v) is 6.54. The number of benzene rings is 2. The summed E-state index contributed by atoms with van der Waals surface area (Å²) in [4.78, 5) is 10.7. The van der Waals surface area contributed by atoms with Crippen molar-refractivity contribution >= 4 is 24.1 Å². The molecule has 0 saturated heterocycles. The van der Waals surface area contributed by atoms with Gasteiger partial charge in [0.15, 0.2) is 0 Å². The van der Waals surface area contributed by atoms with Crippen molar-refractivity contribution < 1.29 is 4.92 Å². The van der Waals surface area contributed by atoms with Crippen molar-refractivity contribution in [2.75, 3.05) is 0 Å². The first-order valence-electron chi connectivity index (χ1n) is 8.62. The minimum Gasteiger partial charge on any atom is -0.258 e. The van der Waals surface area contributed by atoms with Crippen LogP contribution in [0.2, 0.25) is 0 Å². The van der Waals surface area contributed by atoms with Crippen molar-refractivity contribution in [3.63, 3.8) is 0 Å². The van der Waals surface area contributed by atoms with Crippen LogP contribution in [0.15, 0.2) is 65.8 Å². The summed E-state index contributed by atoms with van der Waals surface area (Å²) in [5.41, 5.74) is 2.90. The fourth-order valence-electron chi connectivity index (χ4n) is 2.83. The van der Waals surface area contributed by atoms with E-state index in [9.17, 15) is 10.1 Å². The minimum atomic E-state index is -0.458. The summed E-state index contributed by atoms with van der Waals surface area (Å²) in [6.45, 7) is 1.90. The van der Waals surface area contributed by atoms with Gasteiger partial charge >= 0.3 is 0 Å². The maximum atomic E-state index is 11.2. The maximum Gasteiger partial charge on any atom is 0.278 e. The van der Waals surface area contributed by atoms with Crippen LogP contribution in [0.1, 0.15) is 11.3 Å². The standard InChI is InChI=1S/C19H15N7O2S/c1-13-11-16(14-7-3-2-4-8-14)23-24(13)18-21-22-19(29)25(18)20-12-15-9-5-6-10-17(15)26(27)28/h2-12H,1H3,(H,22,29)/b20-12+. The average molecular weight is 405 g/mol. The molecule has 0 radical (unpaired) electrons. The lowest BCUT2D eigenvalue weighted by molar-refractivity contribution is -0.385. The molecule has 2 heterocycles. The highest BCUT2D eigenvalue weighted by atomic mass is 32.1. The molecular weight excluding hydrogens is 390 g/mol. The SMILES string of the molecule is Cc1cc(-c2ccccc2)nn1-c1n[nH]c(=S)n1/N=C/c1ccccc1[N+](=O)[O-]. The topological polar surface area (TPSA) is 107 Å². The predicted octanol–water partition coefficient (Wildman–Crippen LogP) is 3.89. The Bertz CT molecular complexity index is 1270. The molecule has 29 heavy (non-hydrogen) atoms. The first-order chi connectivity index (χ1) is 14.0. The normalized spacial score (nSPS) is 11.2. The van der Waals surface area contributed by atoms with E-state index in [1.54, 1.807) is 22.9 Å². The fraction of sp³-hybridized carbons (Fsp3) is 0.0526. The number of nitrogens with one attached hydrogen (secondary N) is 1. The Morgan fingerprint density at radius 3 is 2.66 bits per heavy atom. The number of nitro benzene ring substituents is 1. The van der Waals surface area contributed by atoms with E-state index >= 15 is 0 Å². The molecule has 0 saturated carbocycles. The highest BCUT2D eigenvalue weighted by Gasteiger charge is 2.15.